The molecule has 7 heterocycles. The quantitative estimate of drug-likeness (QED) is 0.0246. The first kappa shape index (κ1) is 111. The molecular formula is C117H133F2N13O14. The molecule has 1 unspecified atom stereocenters. The predicted molar refractivity (Wildman–Crippen MR) is 562 cm³/mol. The van der Waals surface area contributed by atoms with E-state index in [0.717, 1.165) is 102 Å². The molecule has 12 aromatic rings. The Labute approximate surface area is 851 Å². The minimum absolute atomic E-state index is 0.00151. The number of carboxylic acids is 1. The molecule has 0 spiro atoms. The Bertz CT molecular complexity index is 6920. The van der Waals surface area contributed by atoms with Crippen LogP contribution in [0.15, 0.2) is 246 Å². The zero-order valence-corrected chi connectivity index (χ0v) is 86.2. The molecular weight excluding hydrogens is 1850 g/mol. The third-order valence-corrected chi connectivity index (χ3v) is 26.0. The lowest BCUT2D eigenvalue weighted by molar-refractivity contribution is -0.144. The summed E-state index contributed by atoms with van der Waals surface area (Å²) in [4.78, 5) is 171. The molecule has 0 bridgehead atoms. The highest BCUT2D eigenvalue weighted by Crippen LogP contribution is 2.38. The van der Waals surface area contributed by atoms with E-state index in [9.17, 15) is 76.7 Å². The van der Waals surface area contributed by atoms with Crippen LogP contribution >= 0.6 is 0 Å². The highest BCUT2D eigenvalue weighted by atomic mass is 19.2. The molecule has 0 radical (unpaired) electrons. The second-order valence-electron chi connectivity index (χ2n) is 39.7. The molecule has 5 amide bonds. The van der Waals surface area contributed by atoms with Crippen molar-refractivity contribution in [1.82, 2.24) is 54.8 Å². The van der Waals surface area contributed by atoms with Crippen LogP contribution in [-0.4, -0.2) is 124 Å². The highest BCUT2D eigenvalue weighted by molar-refractivity contribution is 5.91. The number of nitrogens with zero attached hydrogens (tertiary/aromatic N) is 9. The molecule has 7 aromatic carbocycles. The average molecular weight is 1980 g/mol. The average Bonchev–Trinajstić information content (AvgIpc) is 0.784. The van der Waals surface area contributed by atoms with Gasteiger partial charge in [0.05, 0.1) is 72.7 Å². The number of hydrogen-bond acceptors (Lipinski definition) is 18. The molecule has 2 saturated heterocycles. The maximum Gasteiger partial charge on any atom is 0.305 e. The minimum Gasteiger partial charge on any atom is -0.481 e. The van der Waals surface area contributed by atoms with Gasteiger partial charge in [-0.05, 0) is 275 Å². The van der Waals surface area contributed by atoms with Crippen LogP contribution in [0, 0.1) is 88.2 Å². The number of carboxylic acid groups (broad SMARTS) is 1. The number of piperidine rings is 1. The Morgan fingerprint density at radius 3 is 1.43 bits per heavy atom. The highest BCUT2D eigenvalue weighted by Gasteiger charge is 2.38. The number of morpholine rings is 1. The Morgan fingerprint density at radius 1 is 0.486 bits per heavy atom. The molecule has 14 rings (SSSR count). The molecule has 2 fully saturated rings. The number of fused-ring (bicyclic) bond motifs is 1. The van der Waals surface area contributed by atoms with Crippen molar-refractivity contribution in [3.05, 3.63) is 341 Å². The van der Waals surface area contributed by atoms with Crippen LogP contribution in [0.3, 0.4) is 0 Å². The molecule has 27 nitrogen and oxygen atoms in total. The number of amides is 5. The van der Waals surface area contributed by atoms with Crippen molar-refractivity contribution in [1.29, 1.82) is 5.26 Å². The lowest BCUT2D eigenvalue weighted by atomic mass is 9.93. The number of rotatable bonds is 35. The number of nitrogens with one attached hydrogen (secondary N) is 4. The summed E-state index contributed by atoms with van der Waals surface area (Å²) in [6.07, 6.45) is 13.7. The van der Waals surface area contributed by atoms with E-state index in [1.165, 1.54) is 57.8 Å². The van der Waals surface area contributed by atoms with Crippen molar-refractivity contribution in [3.63, 3.8) is 0 Å². The van der Waals surface area contributed by atoms with Gasteiger partial charge in [-0.3, -0.25) is 72.1 Å². The van der Waals surface area contributed by atoms with Crippen molar-refractivity contribution >= 4 is 69.4 Å². The van der Waals surface area contributed by atoms with Gasteiger partial charge < -0.3 is 50.0 Å². The fourth-order valence-electron chi connectivity index (χ4n) is 18.8. The number of carbonyl (C=O) groups excluding carboxylic acids is 8. The maximum atomic E-state index is 14.3. The van der Waals surface area contributed by atoms with E-state index in [0.29, 0.717) is 73.0 Å². The molecule has 29 heteroatoms. The van der Waals surface area contributed by atoms with Crippen molar-refractivity contribution in [2.24, 2.45) is 23.7 Å². The summed E-state index contributed by atoms with van der Waals surface area (Å²) in [6, 6.07) is 52.0. The summed E-state index contributed by atoms with van der Waals surface area (Å²) >= 11 is 0. The Hall–Kier alpha value is -15.2. The van der Waals surface area contributed by atoms with E-state index in [1.54, 1.807) is 73.6 Å². The number of para-hydroxylation sites is 1. The van der Waals surface area contributed by atoms with Crippen molar-refractivity contribution < 1.29 is 61.8 Å². The number of anilines is 1. The van der Waals surface area contributed by atoms with Crippen molar-refractivity contribution in [3.8, 4) is 39.4 Å². The van der Waals surface area contributed by atoms with E-state index < -0.39 is 77.8 Å². The van der Waals surface area contributed by atoms with Crippen LogP contribution in [0.4, 0.5) is 14.5 Å². The molecule has 2 aliphatic rings. The number of hydrogen-bond donors (Lipinski definition) is 5. The molecule has 5 N–H and O–H groups in total. The minimum atomic E-state index is -1.18. The second kappa shape index (κ2) is 51.9. The Kier molecular flexibility index (Phi) is 39.5. The van der Waals surface area contributed by atoms with Gasteiger partial charge in [-0.2, -0.15) is 5.26 Å². The second-order valence-corrected chi connectivity index (χ2v) is 39.7. The van der Waals surface area contributed by atoms with Gasteiger partial charge in [-0.25, -0.2) is 13.8 Å². The van der Waals surface area contributed by atoms with Crippen LogP contribution in [0.25, 0.3) is 44.3 Å². The third-order valence-electron chi connectivity index (χ3n) is 26.0. The fourth-order valence-corrected chi connectivity index (χ4v) is 18.8. The number of aryl methyl sites for hydroxylation is 6. The number of benzene rings is 7. The number of Topliss-reactive ketones (excluding diaryl/α,β-unsaturated/α-hetero) is 3. The monoisotopic (exact) mass is 1980 g/mol. The van der Waals surface area contributed by atoms with Crippen LogP contribution in [0.2, 0.25) is 0 Å². The molecule has 146 heavy (non-hydrogen) atoms. The number of ketones is 3. The molecule has 10 atom stereocenters. The van der Waals surface area contributed by atoms with E-state index in [-0.39, 0.29) is 119 Å². The zero-order valence-electron chi connectivity index (χ0n) is 86.2. The third kappa shape index (κ3) is 30.0. The normalized spacial score (nSPS) is 15.1. The maximum absolute atomic E-state index is 14.3. The predicted octanol–water partition coefficient (Wildman–Crippen LogP) is 19.7. The number of halogens is 2. The lowest BCUT2D eigenvalue weighted by Gasteiger charge is -2.37. The van der Waals surface area contributed by atoms with Crippen molar-refractivity contribution in [2.75, 3.05) is 31.2 Å². The van der Waals surface area contributed by atoms with Gasteiger partial charge in [0.1, 0.15) is 41.5 Å². The van der Waals surface area contributed by atoms with Crippen LogP contribution < -0.4 is 42.8 Å². The number of aromatic nitrogens is 6. The number of carbonyl (C=O) groups is 9. The van der Waals surface area contributed by atoms with Gasteiger partial charge in [0.25, 0.3) is 16.7 Å². The fraction of sp³-hybridized carbons (Fsp3) is 0.368. The lowest BCUT2D eigenvalue weighted by Crippen LogP contribution is -2.48. The van der Waals surface area contributed by atoms with Crippen molar-refractivity contribution in [2.45, 2.75) is 230 Å². The zero-order chi connectivity index (χ0) is 106. The largest absolute Gasteiger partial charge is 0.481 e. The van der Waals surface area contributed by atoms with Gasteiger partial charge in [0, 0.05) is 111 Å². The Balaban J connectivity index is 0.000000185. The summed E-state index contributed by atoms with van der Waals surface area (Å²) in [5.41, 5.74) is 15.7. The van der Waals surface area contributed by atoms with Crippen LogP contribution in [0.5, 0.6) is 0 Å². The van der Waals surface area contributed by atoms with E-state index in [4.69, 9.17) is 4.74 Å². The summed E-state index contributed by atoms with van der Waals surface area (Å²) < 4.78 is 37.9. The number of pyridine rings is 4. The summed E-state index contributed by atoms with van der Waals surface area (Å²) in [5, 5.41) is 31.5. The first-order chi connectivity index (χ1) is 69.5. The number of nitriles is 1. The molecule has 5 aromatic heterocycles. The summed E-state index contributed by atoms with van der Waals surface area (Å²) in [5.74, 6) is -4.63. The number of aliphatic carboxylic acids is 1. The SMILES string of the molecule is CC(=O)C[C@H](NC(=O)[C@@H](c1ccc(F)c(F)c1)N1CC(C)CCC1=O)c1cncc(-c2c(C)cccc2C)c1.CC(=O)C[C@H](NC(=O)[C@H](CC(C)C)n1ccc(C)cc1=O)c1cccc(N2CCOC[C@@H]2C)c1.CC(=O)C[C@H](NC(=O)[C@H](CC(C)C)n1cnc2ccccc2c1=O)c1cccc(-c2ccccc2C#N)c1.Cc1ccn([C@@H](CC(C)C)C(=O)N[C@@H](CC(=O)O)c2cncc(-c3c(C)cccc3C)c2)c(=O)c1. The van der Waals surface area contributed by atoms with E-state index in [2.05, 4.69) is 54.1 Å². The molecule has 0 saturated carbocycles. The van der Waals surface area contributed by atoms with E-state index in [1.807, 2.05) is 217 Å². The topological polar surface area (TPSA) is 366 Å². The van der Waals surface area contributed by atoms with Gasteiger partial charge in [0.2, 0.25) is 29.5 Å². The standard InChI is InChI=1S/C31H33F2N3O3.C31H30N4O3.C28H33N3O4.C27H37N3O4/c1-18-8-11-28(38)36(17-18)30(22-9-10-25(32)26(33)14-22)31(39)35-27(12-21(4)37)23-13-24(16-34-15-23)29-19(2)6-5-7-20(29)3;1-20(2)15-29(35-19-33-27-14-7-6-13-26(27)31(35)38)30(37)34-28(16-21(3)36)23-11-8-10-22(17-23)25-12-5-4-9-24(25)18-32;1-17(2)11-24(31-10-9-18(3)12-25(31)32)28(35)30-23(14-26(33)34)21-13-22(16-29-15-21)27-19(4)7-6-8-20(27)5;1-18(2)13-25(30-10-9-19(3)14-26(30)32)27(33)28-24(15-21(5)31)22-7-6-8-23(16-22)29-11-12-34-17-20(29)4/h5-7,9-10,13-16,18,27,30H,8,11-12,17H2,1-4H3,(H,35,39);4-14,17,19-20,28-29H,15-16H2,1-3H3,(H,34,37);6-10,12-13,15-17,23-24H,11,14H2,1-5H3,(H,30,35)(H,33,34);6-10,14,16,18,20,24-25H,11-13,15,17H2,1-5H3,(H,28,33)/t18?,27-,30+;28-,29-;23-,24-;20-,24-,25-/m0000/s1. The molecule has 0 aliphatic carbocycles. The Morgan fingerprint density at radius 2 is 0.945 bits per heavy atom. The summed E-state index contributed by atoms with van der Waals surface area (Å²) in [6.45, 7) is 34.7. The van der Waals surface area contributed by atoms with Crippen LogP contribution in [0.1, 0.15) is 249 Å². The number of likely N-dealkylation sites (tertiary alicyclic amines) is 1. The van der Waals surface area contributed by atoms with E-state index >= 15 is 0 Å². The van der Waals surface area contributed by atoms with Crippen LogP contribution in [-0.2, 0) is 47.9 Å². The first-order valence-electron chi connectivity index (χ1n) is 49.6. The van der Waals surface area contributed by atoms with Gasteiger partial charge >= 0.3 is 5.97 Å². The molecule has 2 aliphatic heterocycles. The molecule has 764 valence electrons. The van der Waals surface area contributed by atoms with Gasteiger partial charge in [-0.1, -0.05) is 152 Å². The van der Waals surface area contributed by atoms with Gasteiger partial charge in [0.15, 0.2) is 11.6 Å². The van der Waals surface area contributed by atoms with Gasteiger partial charge in [-0.15, -0.1) is 0 Å². The first-order valence-corrected chi connectivity index (χ1v) is 49.6. The summed E-state index contributed by atoms with van der Waals surface area (Å²) in [7, 11) is 0. The number of ether oxygens (including phenoxy) is 1. The smallest absolute Gasteiger partial charge is 0.305 e.